The number of methoxy groups -OCH3 is 1. The molecule has 1 aromatic heterocycles. The molecule has 0 saturated carbocycles. The lowest BCUT2D eigenvalue weighted by atomic mass is 10.1. The molecule has 174 valence electrons. The van der Waals surface area contributed by atoms with Crippen LogP contribution in [0.1, 0.15) is 15.2 Å². The number of sulfonamides is 1. The Morgan fingerprint density at radius 1 is 1.03 bits per heavy atom. The van der Waals surface area contributed by atoms with Gasteiger partial charge in [0.2, 0.25) is 10.0 Å². The predicted molar refractivity (Wildman–Crippen MR) is 131 cm³/mol. The highest BCUT2D eigenvalue weighted by atomic mass is 32.2. The Bertz CT molecular complexity index is 1190. The van der Waals surface area contributed by atoms with E-state index in [1.165, 1.54) is 10.4 Å². The first-order chi connectivity index (χ1) is 15.9. The van der Waals surface area contributed by atoms with Crippen molar-refractivity contribution in [1.82, 2.24) is 9.21 Å². The van der Waals surface area contributed by atoms with Gasteiger partial charge >= 0.3 is 0 Å². The number of amides is 1. The van der Waals surface area contributed by atoms with Crippen LogP contribution in [0.5, 0.6) is 5.75 Å². The van der Waals surface area contributed by atoms with Gasteiger partial charge in [0, 0.05) is 42.3 Å². The van der Waals surface area contributed by atoms with Crippen LogP contribution < -0.4 is 9.64 Å². The molecule has 0 bridgehead atoms. The zero-order chi connectivity index (χ0) is 23.4. The van der Waals surface area contributed by atoms with Gasteiger partial charge in [-0.2, -0.15) is 4.31 Å². The van der Waals surface area contributed by atoms with Gasteiger partial charge in [-0.15, -0.1) is 11.3 Å². The minimum absolute atomic E-state index is 0.142. The van der Waals surface area contributed by atoms with Crippen LogP contribution in [0.25, 0.3) is 0 Å². The summed E-state index contributed by atoms with van der Waals surface area (Å²) in [5, 5.41) is 1.97. The molecule has 0 unspecified atom stereocenters. The number of ether oxygens (including phenoxy) is 1. The monoisotopic (exact) mass is 485 g/mol. The Morgan fingerprint density at radius 2 is 1.76 bits per heavy atom. The number of hydrogen-bond acceptors (Lipinski definition) is 6. The molecule has 1 fully saturated rings. The fourth-order valence-electron chi connectivity index (χ4n) is 3.72. The minimum atomic E-state index is -3.67. The molecular formula is C24H27N3O4S2. The fourth-order valence-corrected chi connectivity index (χ4v) is 5.89. The number of hydrogen-bond donors (Lipinski definition) is 0. The molecule has 1 aliphatic rings. The summed E-state index contributed by atoms with van der Waals surface area (Å²) in [7, 11) is -0.0994. The molecule has 0 radical (unpaired) electrons. The van der Waals surface area contributed by atoms with E-state index in [9.17, 15) is 13.2 Å². The molecular weight excluding hydrogens is 458 g/mol. The van der Waals surface area contributed by atoms with Crippen molar-refractivity contribution in [3.8, 4) is 5.75 Å². The van der Waals surface area contributed by atoms with Crippen molar-refractivity contribution in [3.05, 3.63) is 76.5 Å². The lowest BCUT2D eigenvalue weighted by molar-refractivity contribution is 0.0985. The second-order valence-electron chi connectivity index (χ2n) is 7.90. The van der Waals surface area contributed by atoms with Gasteiger partial charge in [0.1, 0.15) is 5.75 Å². The molecule has 2 heterocycles. The van der Waals surface area contributed by atoms with E-state index in [2.05, 4.69) is 4.90 Å². The Hall–Kier alpha value is -2.72. The van der Waals surface area contributed by atoms with Crippen LogP contribution in [0.2, 0.25) is 0 Å². The maximum atomic E-state index is 13.6. The molecule has 1 saturated heterocycles. The maximum absolute atomic E-state index is 13.6. The maximum Gasteiger partial charge on any atom is 0.258 e. The normalized spacial score (nSPS) is 15.3. The van der Waals surface area contributed by atoms with Crippen molar-refractivity contribution in [2.24, 2.45) is 0 Å². The third-order valence-corrected chi connectivity index (χ3v) is 8.46. The summed E-state index contributed by atoms with van der Waals surface area (Å²) in [5.41, 5.74) is 1.04. The molecule has 0 aliphatic carbocycles. The number of thiophene rings is 1. The van der Waals surface area contributed by atoms with Crippen LogP contribution in [0.4, 0.5) is 5.69 Å². The average Bonchev–Trinajstić information content (AvgIpc) is 3.36. The molecule has 1 aliphatic heterocycles. The van der Waals surface area contributed by atoms with E-state index in [0.717, 1.165) is 4.88 Å². The van der Waals surface area contributed by atoms with Crippen molar-refractivity contribution in [2.75, 3.05) is 45.2 Å². The first kappa shape index (κ1) is 23.4. The standard InChI is InChI=1S/C24H27N3O4S2/c1-25-12-14-26(15-13-25)33(29,30)23-7-3-5-19(17-23)24(28)27(18-22-6-4-16-32-22)20-8-10-21(31-2)11-9-20/h3-11,16-17H,12-15,18H2,1-2H3. The number of anilines is 1. The van der Waals surface area contributed by atoms with Crippen molar-refractivity contribution >= 4 is 33.0 Å². The Labute approximate surface area is 198 Å². The highest BCUT2D eigenvalue weighted by Crippen LogP contribution is 2.26. The quantitative estimate of drug-likeness (QED) is 0.512. The molecule has 4 rings (SSSR count). The smallest absolute Gasteiger partial charge is 0.258 e. The summed E-state index contributed by atoms with van der Waals surface area (Å²) in [6, 6.07) is 17.5. The first-order valence-electron chi connectivity index (χ1n) is 10.7. The van der Waals surface area contributed by atoms with Gasteiger partial charge in [-0.3, -0.25) is 4.79 Å². The number of carbonyl (C=O) groups excluding carboxylic acids is 1. The molecule has 0 atom stereocenters. The van der Waals surface area contributed by atoms with Gasteiger partial charge in [-0.25, -0.2) is 8.42 Å². The molecule has 1 amide bonds. The van der Waals surface area contributed by atoms with Gasteiger partial charge in [-0.1, -0.05) is 12.1 Å². The van der Waals surface area contributed by atoms with Crippen LogP contribution in [0, 0.1) is 0 Å². The second kappa shape index (κ2) is 10.0. The highest BCUT2D eigenvalue weighted by molar-refractivity contribution is 7.89. The lowest BCUT2D eigenvalue weighted by Crippen LogP contribution is -2.47. The molecule has 2 aromatic carbocycles. The van der Waals surface area contributed by atoms with Crippen LogP contribution in [0.15, 0.2) is 70.9 Å². The van der Waals surface area contributed by atoms with Crippen molar-refractivity contribution in [1.29, 1.82) is 0 Å². The molecule has 9 heteroatoms. The summed E-state index contributed by atoms with van der Waals surface area (Å²) in [6.07, 6.45) is 0. The van der Waals surface area contributed by atoms with E-state index in [-0.39, 0.29) is 10.8 Å². The third-order valence-electron chi connectivity index (χ3n) is 5.70. The van der Waals surface area contributed by atoms with E-state index in [1.54, 1.807) is 53.7 Å². The minimum Gasteiger partial charge on any atom is -0.497 e. The van der Waals surface area contributed by atoms with Crippen molar-refractivity contribution < 1.29 is 17.9 Å². The number of rotatable bonds is 7. The third kappa shape index (κ3) is 5.27. The van der Waals surface area contributed by atoms with Gasteiger partial charge in [0.05, 0.1) is 18.6 Å². The van der Waals surface area contributed by atoms with Crippen molar-refractivity contribution in [3.63, 3.8) is 0 Å². The van der Waals surface area contributed by atoms with Crippen LogP contribution in [-0.2, 0) is 16.6 Å². The summed E-state index contributed by atoms with van der Waals surface area (Å²) >= 11 is 1.57. The second-order valence-corrected chi connectivity index (χ2v) is 10.9. The van der Waals surface area contributed by atoms with E-state index in [1.807, 2.05) is 36.7 Å². The summed E-state index contributed by atoms with van der Waals surface area (Å²) < 4.78 is 33.1. The largest absolute Gasteiger partial charge is 0.497 e. The molecule has 0 N–H and O–H groups in total. The zero-order valence-corrected chi connectivity index (χ0v) is 20.3. The predicted octanol–water partition coefficient (Wildman–Crippen LogP) is 3.54. The molecule has 7 nitrogen and oxygen atoms in total. The summed E-state index contributed by atoms with van der Waals surface area (Å²) in [6.45, 7) is 2.63. The first-order valence-corrected chi connectivity index (χ1v) is 13.0. The zero-order valence-electron chi connectivity index (χ0n) is 18.7. The van der Waals surface area contributed by atoms with Gasteiger partial charge in [0.15, 0.2) is 0 Å². The van der Waals surface area contributed by atoms with Gasteiger partial charge in [-0.05, 0) is 61.0 Å². The summed E-state index contributed by atoms with van der Waals surface area (Å²) in [5.74, 6) is 0.437. The topological polar surface area (TPSA) is 70.2 Å². The Kier molecular flexibility index (Phi) is 7.14. The van der Waals surface area contributed by atoms with Crippen molar-refractivity contribution in [2.45, 2.75) is 11.4 Å². The van der Waals surface area contributed by atoms with E-state index in [4.69, 9.17) is 4.74 Å². The summed E-state index contributed by atoms with van der Waals surface area (Å²) in [4.78, 5) is 18.5. The van der Waals surface area contributed by atoms with E-state index < -0.39 is 10.0 Å². The van der Waals surface area contributed by atoms with Gasteiger partial charge in [0.25, 0.3) is 5.91 Å². The van der Waals surface area contributed by atoms with E-state index >= 15 is 0 Å². The van der Waals surface area contributed by atoms with Crippen LogP contribution in [-0.4, -0.2) is 63.9 Å². The highest BCUT2D eigenvalue weighted by Gasteiger charge is 2.28. The molecule has 0 spiro atoms. The van der Waals surface area contributed by atoms with Gasteiger partial charge < -0.3 is 14.5 Å². The van der Waals surface area contributed by atoms with Crippen LogP contribution >= 0.6 is 11.3 Å². The Morgan fingerprint density at radius 3 is 2.39 bits per heavy atom. The lowest BCUT2D eigenvalue weighted by Gasteiger charge is -2.31. The number of likely N-dealkylation sites (N-methyl/N-ethyl adjacent to an activating group) is 1. The van der Waals surface area contributed by atoms with E-state index in [0.29, 0.717) is 49.7 Å². The number of piperazine rings is 1. The fraction of sp³-hybridized carbons (Fsp3) is 0.292. The molecule has 3 aromatic rings. The number of carbonyl (C=O) groups is 1. The Balaban J connectivity index is 1.64. The SMILES string of the molecule is COc1ccc(N(Cc2cccs2)C(=O)c2cccc(S(=O)(=O)N3CCN(C)CC3)c2)cc1. The number of nitrogens with zero attached hydrogens (tertiary/aromatic N) is 3. The number of benzene rings is 2. The van der Waals surface area contributed by atoms with Crippen LogP contribution in [0.3, 0.4) is 0 Å². The molecule has 33 heavy (non-hydrogen) atoms. The average molecular weight is 486 g/mol.